The van der Waals surface area contributed by atoms with Gasteiger partial charge in [-0.2, -0.15) is 0 Å². The maximum atomic E-state index is 13.5. The van der Waals surface area contributed by atoms with Crippen molar-refractivity contribution in [1.29, 1.82) is 0 Å². The number of aromatic nitrogens is 2. The average molecular weight is 843 g/mol. The van der Waals surface area contributed by atoms with Gasteiger partial charge >= 0.3 is 0 Å². The van der Waals surface area contributed by atoms with E-state index in [4.69, 9.17) is 15.2 Å². The highest BCUT2D eigenvalue weighted by Gasteiger charge is 2.41. The Morgan fingerprint density at radius 2 is 1.56 bits per heavy atom. The van der Waals surface area contributed by atoms with Crippen molar-refractivity contribution >= 4 is 46.3 Å². The summed E-state index contributed by atoms with van der Waals surface area (Å²) in [6, 6.07) is 23.8. The normalized spacial score (nSPS) is 23.2. The number of carbonyl (C=O) groups excluding carboxylic acids is 3. The Balaban J connectivity index is 0.703. The summed E-state index contributed by atoms with van der Waals surface area (Å²) in [5.74, 6) is 1.88. The van der Waals surface area contributed by atoms with Gasteiger partial charge in [-0.25, -0.2) is 0 Å². The van der Waals surface area contributed by atoms with Gasteiger partial charge in [0.2, 0.25) is 17.7 Å². The second kappa shape index (κ2) is 16.9. The van der Waals surface area contributed by atoms with Crippen LogP contribution in [0.5, 0.6) is 17.2 Å². The lowest BCUT2D eigenvalue weighted by Crippen LogP contribution is -2.54. The van der Waals surface area contributed by atoms with Crippen molar-refractivity contribution in [2.24, 2.45) is 0 Å². The van der Waals surface area contributed by atoms with Crippen LogP contribution in [0.1, 0.15) is 38.5 Å². The Kier molecular flexibility index (Phi) is 10.8. The van der Waals surface area contributed by atoms with E-state index in [0.717, 1.165) is 99.2 Å². The van der Waals surface area contributed by atoms with Gasteiger partial charge in [-0.3, -0.25) is 24.6 Å². The third-order valence-electron chi connectivity index (χ3n) is 13.5. The molecule has 5 saturated heterocycles. The molecule has 5 fully saturated rings. The molecular weight excluding hydrogens is 789 g/mol. The molecule has 0 spiro atoms. The van der Waals surface area contributed by atoms with Gasteiger partial charge in [0.1, 0.15) is 30.3 Å². The minimum absolute atomic E-state index is 0.0387. The van der Waals surface area contributed by atoms with Gasteiger partial charge in [-0.05, 0) is 61.7 Å². The minimum Gasteiger partial charge on any atom is -0.507 e. The van der Waals surface area contributed by atoms with E-state index in [1.54, 1.807) is 12.1 Å². The molecule has 6 aliphatic heterocycles. The van der Waals surface area contributed by atoms with Gasteiger partial charge in [0.25, 0.3) is 0 Å². The lowest BCUT2D eigenvalue weighted by Gasteiger charge is -2.43. The van der Waals surface area contributed by atoms with Crippen LogP contribution in [0.25, 0.3) is 11.3 Å². The van der Waals surface area contributed by atoms with E-state index < -0.39 is 6.04 Å². The van der Waals surface area contributed by atoms with Crippen LogP contribution in [0.2, 0.25) is 0 Å². The Morgan fingerprint density at radius 1 is 0.806 bits per heavy atom. The molecule has 62 heavy (non-hydrogen) atoms. The topological polar surface area (TPSA) is 173 Å². The quantitative estimate of drug-likeness (QED) is 0.209. The van der Waals surface area contributed by atoms with E-state index in [1.165, 1.54) is 0 Å². The van der Waals surface area contributed by atoms with Crippen molar-refractivity contribution in [2.75, 3.05) is 97.4 Å². The molecule has 0 saturated carbocycles. The smallest absolute Gasteiger partial charge is 0.249 e. The Bertz CT molecular complexity index is 2320. The van der Waals surface area contributed by atoms with Gasteiger partial charge in [-0.1, -0.05) is 24.3 Å². The number of imide groups is 1. The van der Waals surface area contributed by atoms with E-state index in [9.17, 15) is 19.5 Å². The van der Waals surface area contributed by atoms with Crippen molar-refractivity contribution in [3.8, 4) is 28.5 Å². The SMILES string of the molecule is Nc1nnc(-c2ccccc2O)cc1N1CC2CCC(C1)N2c1cccc(OC2CCN(C(=O)CN3CCN(c4cccc5c4OCCN5[C@@H]4CCC(=O)NC4=O)CC3)CC2)c1. The molecule has 3 amide bonds. The standard InChI is InChI=1S/C46H54N10O6/c47-45-40(26-36(49-50-45)35-7-1-2-10-41(35)57)54-27-31-11-12-32(28-54)56(31)30-5-3-6-34(25-30)62-33-15-17-53(18-16-33)43(59)29-51-19-21-52(22-20-51)37-8-4-9-38-44(37)61-24-23-55(38)39-13-14-42(58)48-46(39)60/h1-10,25-26,31-33,39,57H,11-24,27-29H2,(H2,47,50)(H,48,58,60)/t31?,32?,39-/m1/s1. The molecular formula is C46H54N10O6. The molecule has 0 aliphatic carbocycles. The zero-order valence-corrected chi connectivity index (χ0v) is 34.9. The Morgan fingerprint density at radius 3 is 2.34 bits per heavy atom. The molecule has 0 radical (unpaired) electrons. The predicted octanol–water partition coefficient (Wildman–Crippen LogP) is 3.49. The van der Waals surface area contributed by atoms with Crippen LogP contribution < -0.4 is 40.1 Å². The monoisotopic (exact) mass is 842 g/mol. The van der Waals surface area contributed by atoms with Crippen LogP contribution in [0.4, 0.5) is 28.6 Å². The number of hydrogen-bond donors (Lipinski definition) is 3. The van der Waals surface area contributed by atoms with E-state index in [-0.39, 0.29) is 29.6 Å². The number of carbonyl (C=O) groups is 3. The summed E-state index contributed by atoms with van der Waals surface area (Å²) in [6.45, 7) is 7.44. The average Bonchev–Trinajstić information content (AvgIpc) is 3.55. The number of fused-ring (bicyclic) bond motifs is 3. The minimum atomic E-state index is -0.392. The van der Waals surface area contributed by atoms with E-state index in [1.807, 2.05) is 41.3 Å². The zero-order chi connectivity index (χ0) is 42.3. The number of nitrogens with two attached hydrogens (primary N) is 1. The number of piperazine rings is 2. The zero-order valence-electron chi connectivity index (χ0n) is 34.9. The molecule has 2 unspecified atom stereocenters. The summed E-state index contributed by atoms with van der Waals surface area (Å²) in [6.07, 6.45) is 4.60. The van der Waals surface area contributed by atoms with Crippen LogP contribution in [-0.4, -0.2) is 139 Å². The number of phenolic OH excluding ortho intramolecular Hbond substituents is 1. The fourth-order valence-corrected chi connectivity index (χ4v) is 10.4. The van der Waals surface area contributed by atoms with Gasteiger partial charge < -0.3 is 44.8 Å². The van der Waals surface area contributed by atoms with Crippen molar-refractivity contribution in [2.45, 2.75) is 62.8 Å². The molecule has 2 bridgehead atoms. The number of amides is 3. The van der Waals surface area contributed by atoms with Crippen LogP contribution in [0, 0.1) is 0 Å². The van der Waals surface area contributed by atoms with E-state index >= 15 is 0 Å². The van der Waals surface area contributed by atoms with Crippen LogP contribution in [0.15, 0.2) is 72.8 Å². The largest absolute Gasteiger partial charge is 0.507 e. The number of benzene rings is 3. The third-order valence-corrected chi connectivity index (χ3v) is 13.5. The Hall–Kier alpha value is -6.29. The summed E-state index contributed by atoms with van der Waals surface area (Å²) in [5.41, 5.74) is 11.5. The number of phenols is 1. The molecule has 3 aromatic carbocycles. The summed E-state index contributed by atoms with van der Waals surface area (Å²) in [5, 5.41) is 21.5. The summed E-state index contributed by atoms with van der Waals surface area (Å²) in [4.78, 5) is 51.5. The fourth-order valence-electron chi connectivity index (χ4n) is 10.4. The van der Waals surface area contributed by atoms with Crippen LogP contribution >= 0.6 is 0 Å². The van der Waals surface area contributed by atoms with E-state index in [2.05, 4.69) is 64.3 Å². The van der Waals surface area contributed by atoms with Crippen LogP contribution in [0.3, 0.4) is 0 Å². The number of piperidine rings is 2. The molecule has 16 heteroatoms. The van der Waals surface area contributed by atoms with Crippen molar-refractivity contribution < 1.29 is 29.0 Å². The summed E-state index contributed by atoms with van der Waals surface area (Å²) < 4.78 is 12.8. The number of nitrogens with one attached hydrogen (secondary N) is 1. The molecule has 3 atom stereocenters. The number of nitrogens with zero attached hydrogens (tertiary/aromatic N) is 8. The fraction of sp³-hybridized carbons (Fsp3) is 0.457. The van der Waals surface area contributed by atoms with Crippen LogP contribution in [-0.2, 0) is 14.4 Å². The number of para-hydroxylation sites is 2. The van der Waals surface area contributed by atoms with Gasteiger partial charge in [0, 0.05) is 101 Å². The molecule has 10 rings (SSSR count). The van der Waals surface area contributed by atoms with Gasteiger partial charge in [0.05, 0.1) is 35.8 Å². The second-order valence-corrected chi connectivity index (χ2v) is 17.3. The highest BCUT2D eigenvalue weighted by molar-refractivity contribution is 6.02. The lowest BCUT2D eigenvalue weighted by atomic mass is 10.0. The first-order valence-corrected chi connectivity index (χ1v) is 22.1. The molecule has 6 aliphatic rings. The number of ether oxygens (including phenoxy) is 2. The predicted molar refractivity (Wildman–Crippen MR) is 236 cm³/mol. The number of likely N-dealkylation sites (tertiary alicyclic amines) is 1. The Labute approximate surface area is 361 Å². The van der Waals surface area contributed by atoms with Gasteiger partial charge in [0.15, 0.2) is 11.6 Å². The number of hydrogen-bond acceptors (Lipinski definition) is 14. The first-order valence-electron chi connectivity index (χ1n) is 22.1. The van der Waals surface area contributed by atoms with Crippen molar-refractivity contribution in [3.05, 3.63) is 72.8 Å². The maximum absolute atomic E-state index is 13.5. The summed E-state index contributed by atoms with van der Waals surface area (Å²) in [7, 11) is 0. The maximum Gasteiger partial charge on any atom is 0.249 e. The third kappa shape index (κ3) is 7.87. The van der Waals surface area contributed by atoms with Gasteiger partial charge in [-0.15, -0.1) is 10.2 Å². The number of rotatable bonds is 9. The van der Waals surface area contributed by atoms with E-state index in [0.29, 0.717) is 74.8 Å². The summed E-state index contributed by atoms with van der Waals surface area (Å²) >= 11 is 0. The molecule has 4 N–H and O–H groups in total. The molecule has 1 aromatic heterocycles. The first-order chi connectivity index (χ1) is 30.3. The lowest BCUT2D eigenvalue weighted by molar-refractivity contribution is -0.135. The number of nitrogen functional groups attached to an aromatic ring is 1. The van der Waals surface area contributed by atoms with Crippen molar-refractivity contribution in [3.63, 3.8) is 0 Å². The molecule has 324 valence electrons. The highest BCUT2D eigenvalue weighted by atomic mass is 16.5. The van der Waals surface area contributed by atoms with Crippen molar-refractivity contribution in [1.82, 2.24) is 25.3 Å². The molecule has 4 aromatic rings. The number of anilines is 5. The number of aromatic hydroxyl groups is 1. The highest BCUT2D eigenvalue weighted by Crippen LogP contribution is 2.43. The molecule has 7 heterocycles. The first kappa shape index (κ1) is 39.8. The second-order valence-electron chi connectivity index (χ2n) is 17.3. The molecule has 16 nitrogen and oxygen atoms in total.